The van der Waals surface area contributed by atoms with Gasteiger partial charge in [0, 0.05) is 13.6 Å². The molecule has 0 spiro atoms. The topological polar surface area (TPSA) is 114 Å². The summed E-state index contributed by atoms with van der Waals surface area (Å²) in [6.07, 6.45) is 2.40. The second-order valence-corrected chi connectivity index (χ2v) is 12.8. The van der Waals surface area contributed by atoms with Gasteiger partial charge in [0.25, 0.3) is 0 Å². The molecule has 0 aliphatic heterocycles. The molecule has 0 atom stereocenters. The molecule has 1 aromatic heterocycles. The van der Waals surface area contributed by atoms with E-state index in [1.165, 1.54) is 6.20 Å². The van der Waals surface area contributed by atoms with Gasteiger partial charge >= 0.3 is 0 Å². The largest absolute Gasteiger partial charge is 0.495 e. The number of aromatic nitrogens is 2. The van der Waals surface area contributed by atoms with Gasteiger partial charge in [-0.05, 0) is 55.7 Å². The molecular weight excluding hydrogens is 574 g/mol. The van der Waals surface area contributed by atoms with Gasteiger partial charge in [-0.15, -0.1) is 0 Å². The lowest BCUT2D eigenvalue weighted by molar-refractivity contribution is -0.120. The van der Waals surface area contributed by atoms with E-state index in [0.29, 0.717) is 42.5 Å². The zero-order valence-corrected chi connectivity index (χ0v) is 25.5. The van der Waals surface area contributed by atoms with Crippen molar-refractivity contribution in [2.45, 2.75) is 36.8 Å². The monoisotopic (exact) mass is 607 g/mol. The summed E-state index contributed by atoms with van der Waals surface area (Å²) in [5.41, 5.74) is 3.03. The van der Waals surface area contributed by atoms with Crippen LogP contribution in [0.1, 0.15) is 25.0 Å². The number of anilines is 4. The van der Waals surface area contributed by atoms with Crippen molar-refractivity contribution in [2.75, 3.05) is 30.9 Å². The van der Waals surface area contributed by atoms with Crippen LogP contribution in [0.4, 0.5) is 23.1 Å². The maximum atomic E-state index is 12.9. The number of sulfone groups is 1. The zero-order valence-electron chi connectivity index (χ0n) is 24.0. The number of rotatable bonds is 12. The van der Waals surface area contributed by atoms with E-state index in [2.05, 4.69) is 20.6 Å². The van der Waals surface area contributed by atoms with Crippen molar-refractivity contribution in [3.05, 3.63) is 95.1 Å². The quantitative estimate of drug-likeness (QED) is 0.210. The molecule has 0 saturated heterocycles. The molecule has 0 aliphatic rings. The highest BCUT2D eigenvalue weighted by atomic mass is 35.5. The number of benzene rings is 3. The fourth-order valence-electron chi connectivity index (χ4n) is 4.26. The number of carbonyl (C=O) groups excluding carboxylic acids is 1. The van der Waals surface area contributed by atoms with Gasteiger partial charge in [-0.1, -0.05) is 60.1 Å². The maximum absolute atomic E-state index is 12.9. The lowest BCUT2D eigenvalue weighted by atomic mass is 10.1. The van der Waals surface area contributed by atoms with Gasteiger partial charge in [0.1, 0.15) is 10.8 Å². The molecular formula is C31H34ClN5O4S. The lowest BCUT2D eigenvalue weighted by Gasteiger charge is -2.22. The summed E-state index contributed by atoms with van der Waals surface area (Å²) in [5.74, 6) is 1.15. The Morgan fingerprint density at radius 1 is 1.02 bits per heavy atom. The Labute approximate surface area is 251 Å². The van der Waals surface area contributed by atoms with Gasteiger partial charge in [-0.2, -0.15) is 4.98 Å². The molecule has 4 aromatic rings. The van der Waals surface area contributed by atoms with E-state index >= 15 is 0 Å². The molecule has 220 valence electrons. The Morgan fingerprint density at radius 3 is 2.45 bits per heavy atom. The van der Waals surface area contributed by atoms with Crippen molar-refractivity contribution in [3.8, 4) is 5.75 Å². The summed E-state index contributed by atoms with van der Waals surface area (Å²) < 4.78 is 31.5. The highest BCUT2D eigenvalue weighted by molar-refractivity contribution is 7.92. The van der Waals surface area contributed by atoms with E-state index in [1.54, 1.807) is 57.2 Å². The Hall–Kier alpha value is -4.15. The third kappa shape index (κ3) is 7.37. The van der Waals surface area contributed by atoms with Crippen LogP contribution in [0.5, 0.6) is 5.75 Å². The molecule has 42 heavy (non-hydrogen) atoms. The summed E-state index contributed by atoms with van der Waals surface area (Å²) in [5, 5.41) is 5.69. The van der Waals surface area contributed by atoms with Crippen LogP contribution in [0.2, 0.25) is 5.02 Å². The van der Waals surface area contributed by atoms with Crippen LogP contribution >= 0.6 is 11.6 Å². The van der Waals surface area contributed by atoms with Gasteiger partial charge < -0.3 is 20.3 Å². The minimum atomic E-state index is -3.56. The molecule has 3 aromatic carbocycles. The number of halogens is 1. The predicted octanol–water partition coefficient (Wildman–Crippen LogP) is 5.73. The van der Waals surface area contributed by atoms with Gasteiger partial charge in [-0.3, -0.25) is 4.79 Å². The highest BCUT2D eigenvalue weighted by Crippen LogP contribution is 2.35. The fraction of sp³-hybridized carbons (Fsp3) is 0.258. The zero-order chi connectivity index (χ0) is 30.3. The van der Waals surface area contributed by atoms with E-state index < -0.39 is 15.1 Å². The van der Waals surface area contributed by atoms with Gasteiger partial charge in [0.05, 0.1) is 41.2 Å². The Balaban J connectivity index is 1.52. The summed E-state index contributed by atoms with van der Waals surface area (Å²) in [6.45, 7) is 3.75. The standard InChI is InChI=1S/C31H34ClN5O4S/c1-21(2)42(39,40)28-13-9-8-12-25(28)35-30-24(32)20-34-31(36-30)37(3)26-18-23(14-15-27(26)41-4)16-17-33-29(38)19-22-10-6-5-7-11-22/h5-15,18,20-21H,16-17,19H2,1-4H3,(H,33,38)(H,34,35,36). The van der Waals surface area contributed by atoms with Gasteiger partial charge in [0.2, 0.25) is 11.9 Å². The number of ether oxygens (including phenoxy) is 1. The molecule has 0 radical (unpaired) electrons. The van der Waals surface area contributed by atoms with E-state index in [9.17, 15) is 13.2 Å². The average Bonchev–Trinajstić information content (AvgIpc) is 2.98. The van der Waals surface area contributed by atoms with Crippen LogP contribution in [0.15, 0.2) is 83.9 Å². The van der Waals surface area contributed by atoms with Gasteiger partial charge in [-0.25, -0.2) is 13.4 Å². The Bertz CT molecular complexity index is 1650. The number of para-hydroxylation sites is 1. The molecule has 11 heteroatoms. The van der Waals surface area contributed by atoms with Crippen molar-refractivity contribution in [1.82, 2.24) is 15.3 Å². The molecule has 0 aliphatic carbocycles. The first-order valence-electron chi connectivity index (χ1n) is 13.4. The van der Waals surface area contributed by atoms with E-state index in [4.69, 9.17) is 16.3 Å². The van der Waals surface area contributed by atoms with Crippen LogP contribution in [0.25, 0.3) is 0 Å². The number of nitrogens with zero attached hydrogens (tertiary/aromatic N) is 3. The molecule has 1 amide bonds. The summed E-state index contributed by atoms with van der Waals surface area (Å²) in [4.78, 5) is 23.3. The van der Waals surface area contributed by atoms with Crippen molar-refractivity contribution >= 4 is 50.5 Å². The first kappa shape index (κ1) is 30.8. The minimum absolute atomic E-state index is 0.0376. The third-order valence-corrected chi connectivity index (χ3v) is 9.13. The number of nitrogens with one attached hydrogen (secondary N) is 2. The molecule has 9 nitrogen and oxygen atoms in total. The van der Waals surface area contributed by atoms with Crippen molar-refractivity contribution in [3.63, 3.8) is 0 Å². The van der Waals surface area contributed by atoms with Crippen LogP contribution in [-0.2, 0) is 27.5 Å². The number of methoxy groups -OCH3 is 1. The molecule has 2 N–H and O–H groups in total. The van der Waals surface area contributed by atoms with Crippen LogP contribution in [-0.4, -0.2) is 50.2 Å². The van der Waals surface area contributed by atoms with Crippen molar-refractivity contribution in [2.24, 2.45) is 0 Å². The second-order valence-electron chi connectivity index (χ2n) is 9.91. The van der Waals surface area contributed by atoms with Crippen LogP contribution in [0, 0.1) is 0 Å². The first-order valence-corrected chi connectivity index (χ1v) is 15.4. The Morgan fingerprint density at radius 2 is 1.74 bits per heavy atom. The van der Waals surface area contributed by atoms with Crippen molar-refractivity contribution < 1.29 is 17.9 Å². The number of amides is 1. The molecule has 4 rings (SSSR count). The minimum Gasteiger partial charge on any atom is -0.495 e. The summed E-state index contributed by atoms with van der Waals surface area (Å²) >= 11 is 6.43. The second kappa shape index (κ2) is 13.7. The van der Waals surface area contributed by atoms with Crippen molar-refractivity contribution in [1.29, 1.82) is 0 Å². The smallest absolute Gasteiger partial charge is 0.231 e. The lowest BCUT2D eigenvalue weighted by Crippen LogP contribution is -2.27. The molecule has 1 heterocycles. The summed E-state index contributed by atoms with van der Waals surface area (Å²) in [7, 11) is -0.175. The predicted molar refractivity (Wildman–Crippen MR) is 167 cm³/mol. The normalized spacial score (nSPS) is 11.3. The third-order valence-electron chi connectivity index (χ3n) is 6.65. The van der Waals surface area contributed by atoms with E-state index in [-0.39, 0.29) is 21.6 Å². The number of carbonyl (C=O) groups is 1. The van der Waals surface area contributed by atoms with Crippen LogP contribution in [0.3, 0.4) is 0 Å². The molecule has 0 bridgehead atoms. The summed E-state index contributed by atoms with van der Waals surface area (Å²) in [6, 6.07) is 22.0. The first-order chi connectivity index (χ1) is 20.1. The SMILES string of the molecule is COc1ccc(CCNC(=O)Cc2ccccc2)cc1N(C)c1ncc(Cl)c(Nc2ccccc2S(=O)(=O)C(C)C)n1. The van der Waals surface area contributed by atoms with Crippen LogP contribution < -0.4 is 20.3 Å². The Kier molecular flexibility index (Phi) is 10.0. The number of hydrogen-bond donors (Lipinski definition) is 2. The fourth-order valence-corrected chi connectivity index (χ4v) is 5.60. The van der Waals surface area contributed by atoms with Gasteiger partial charge in [0.15, 0.2) is 15.7 Å². The molecule has 0 unspecified atom stereocenters. The average molecular weight is 608 g/mol. The van der Waals surface area contributed by atoms with E-state index in [1.807, 2.05) is 48.5 Å². The van der Waals surface area contributed by atoms with E-state index in [0.717, 1.165) is 11.1 Å². The molecule has 0 saturated carbocycles. The highest BCUT2D eigenvalue weighted by Gasteiger charge is 2.23. The maximum Gasteiger partial charge on any atom is 0.231 e. The molecule has 0 fully saturated rings. The number of hydrogen-bond acceptors (Lipinski definition) is 8.